The van der Waals surface area contributed by atoms with Gasteiger partial charge in [0.1, 0.15) is 6.04 Å². The summed E-state index contributed by atoms with van der Waals surface area (Å²) in [7, 11) is 0. The molecule has 2 rings (SSSR count). The Morgan fingerprint density at radius 2 is 1.89 bits per heavy atom. The van der Waals surface area contributed by atoms with Gasteiger partial charge in [0.05, 0.1) is 0 Å². The summed E-state index contributed by atoms with van der Waals surface area (Å²) in [5, 5.41) is 5.31. The molecule has 0 saturated heterocycles. The van der Waals surface area contributed by atoms with E-state index in [-0.39, 0.29) is 41.5 Å². The van der Waals surface area contributed by atoms with E-state index < -0.39 is 17.7 Å². The Morgan fingerprint density at radius 1 is 1.18 bits per heavy atom. The first-order valence-electron chi connectivity index (χ1n) is 8.81. The molecule has 28 heavy (non-hydrogen) atoms. The van der Waals surface area contributed by atoms with Crippen LogP contribution < -0.4 is 15.4 Å². The second kappa shape index (κ2) is 9.25. The highest BCUT2D eigenvalue weighted by Gasteiger charge is 2.23. The van der Waals surface area contributed by atoms with Crippen LogP contribution in [-0.2, 0) is 16.1 Å². The Balaban J connectivity index is 2.15. The molecule has 2 N–H and O–H groups in total. The molecular formula is C20H23F2N3O3. The summed E-state index contributed by atoms with van der Waals surface area (Å²) in [6, 6.07) is 5.30. The highest BCUT2D eigenvalue weighted by atomic mass is 19.2. The number of nitrogens with one attached hydrogen (secondary N) is 2. The standard InChI is InChI=1S/C20H23F2N3O3/c1-11(2)18(25-13(4)26)19(27)24-10-14-6-5-9-23-20(14)28-15-8-7-12(3)16(21)17(15)22/h5-9,11,18H,10H2,1-4H3,(H,24,27)(H,25,26)/t18-/m1/s1. The largest absolute Gasteiger partial charge is 0.435 e. The van der Waals surface area contributed by atoms with Crippen molar-refractivity contribution in [1.29, 1.82) is 0 Å². The molecule has 2 aromatic rings. The van der Waals surface area contributed by atoms with Crippen LogP contribution in [0.2, 0.25) is 0 Å². The minimum Gasteiger partial charge on any atom is -0.435 e. The molecule has 1 atom stereocenters. The van der Waals surface area contributed by atoms with Crippen LogP contribution in [0.25, 0.3) is 0 Å². The van der Waals surface area contributed by atoms with Crippen molar-refractivity contribution in [3.63, 3.8) is 0 Å². The molecular weight excluding hydrogens is 368 g/mol. The maximum absolute atomic E-state index is 14.1. The number of pyridine rings is 1. The van der Waals surface area contributed by atoms with E-state index in [1.807, 2.05) is 13.8 Å². The number of rotatable bonds is 7. The monoisotopic (exact) mass is 391 g/mol. The quantitative estimate of drug-likeness (QED) is 0.759. The van der Waals surface area contributed by atoms with Crippen molar-refractivity contribution < 1.29 is 23.1 Å². The first kappa shape index (κ1) is 21.3. The number of aryl methyl sites for hydroxylation is 1. The predicted octanol–water partition coefficient (Wildman–Crippen LogP) is 3.24. The summed E-state index contributed by atoms with van der Waals surface area (Å²) < 4.78 is 33.3. The molecule has 0 aliphatic rings. The number of hydrogen-bond acceptors (Lipinski definition) is 4. The van der Waals surface area contributed by atoms with E-state index in [2.05, 4.69) is 15.6 Å². The summed E-state index contributed by atoms with van der Waals surface area (Å²) in [6.07, 6.45) is 1.44. The van der Waals surface area contributed by atoms with E-state index in [1.165, 1.54) is 32.2 Å². The Bertz CT molecular complexity index is 872. The Labute approximate surface area is 162 Å². The summed E-state index contributed by atoms with van der Waals surface area (Å²) >= 11 is 0. The second-order valence-corrected chi connectivity index (χ2v) is 6.72. The zero-order valence-corrected chi connectivity index (χ0v) is 16.2. The summed E-state index contributed by atoms with van der Waals surface area (Å²) in [5.41, 5.74) is 0.637. The van der Waals surface area contributed by atoms with Crippen LogP contribution in [0.4, 0.5) is 8.78 Å². The molecule has 1 aromatic carbocycles. The van der Waals surface area contributed by atoms with Crippen molar-refractivity contribution in [3.8, 4) is 11.6 Å². The molecule has 1 aromatic heterocycles. The molecule has 2 amide bonds. The van der Waals surface area contributed by atoms with E-state index in [9.17, 15) is 18.4 Å². The van der Waals surface area contributed by atoms with E-state index in [1.54, 1.807) is 12.1 Å². The summed E-state index contributed by atoms with van der Waals surface area (Å²) in [6.45, 7) is 6.46. The lowest BCUT2D eigenvalue weighted by atomic mass is 10.0. The molecule has 0 aliphatic carbocycles. The van der Waals surface area contributed by atoms with Crippen LogP contribution in [-0.4, -0.2) is 22.8 Å². The van der Waals surface area contributed by atoms with Crippen molar-refractivity contribution in [1.82, 2.24) is 15.6 Å². The van der Waals surface area contributed by atoms with Gasteiger partial charge >= 0.3 is 0 Å². The Hall–Kier alpha value is -3.03. The number of benzene rings is 1. The third kappa shape index (κ3) is 5.25. The SMILES string of the molecule is CC(=O)N[C@@H](C(=O)NCc1cccnc1Oc1ccc(C)c(F)c1F)C(C)C. The Morgan fingerprint density at radius 3 is 2.54 bits per heavy atom. The predicted molar refractivity (Wildman–Crippen MR) is 99.7 cm³/mol. The zero-order chi connectivity index (χ0) is 20.8. The van der Waals surface area contributed by atoms with Gasteiger partial charge in [-0.1, -0.05) is 26.0 Å². The average molecular weight is 391 g/mol. The van der Waals surface area contributed by atoms with Crippen LogP contribution in [0.15, 0.2) is 30.5 Å². The first-order valence-corrected chi connectivity index (χ1v) is 8.81. The van der Waals surface area contributed by atoms with Gasteiger partial charge in [0.15, 0.2) is 11.6 Å². The van der Waals surface area contributed by atoms with Crippen molar-refractivity contribution in [2.45, 2.75) is 40.3 Å². The van der Waals surface area contributed by atoms with Gasteiger partial charge in [0, 0.05) is 25.2 Å². The zero-order valence-electron chi connectivity index (χ0n) is 16.2. The smallest absolute Gasteiger partial charge is 0.243 e. The summed E-state index contributed by atoms with van der Waals surface area (Å²) in [5.74, 6) is -3.13. The lowest BCUT2D eigenvalue weighted by Gasteiger charge is -2.21. The fourth-order valence-corrected chi connectivity index (χ4v) is 2.51. The van der Waals surface area contributed by atoms with E-state index in [0.717, 1.165) is 0 Å². The fourth-order valence-electron chi connectivity index (χ4n) is 2.51. The highest BCUT2D eigenvalue weighted by Crippen LogP contribution is 2.28. The number of carbonyl (C=O) groups excluding carboxylic acids is 2. The van der Waals surface area contributed by atoms with Gasteiger partial charge < -0.3 is 15.4 Å². The first-order chi connectivity index (χ1) is 13.2. The van der Waals surface area contributed by atoms with Gasteiger partial charge in [0.25, 0.3) is 0 Å². The van der Waals surface area contributed by atoms with Crippen LogP contribution in [0.3, 0.4) is 0 Å². The van der Waals surface area contributed by atoms with Crippen LogP contribution in [0.5, 0.6) is 11.6 Å². The molecule has 0 radical (unpaired) electrons. The van der Waals surface area contributed by atoms with Crippen molar-refractivity contribution in [3.05, 3.63) is 53.2 Å². The van der Waals surface area contributed by atoms with Crippen LogP contribution in [0, 0.1) is 24.5 Å². The van der Waals surface area contributed by atoms with E-state index in [4.69, 9.17) is 4.74 Å². The minimum absolute atomic E-state index is 0.0424. The number of nitrogens with zero attached hydrogens (tertiary/aromatic N) is 1. The topological polar surface area (TPSA) is 80.3 Å². The fraction of sp³-hybridized carbons (Fsp3) is 0.350. The van der Waals surface area contributed by atoms with Crippen molar-refractivity contribution >= 4 is 11.8 Å². The van der Waals surface area contributed by atoms with Gasteiger partial charge in [-0.05, 0) is 30.5 Å². The molecule has 8 heteroatoms. The highest BCUT2D eigenvalue weighted by molar-refractivity contribution is 5.87. The lowest BCUT2D eigenvalue weighted by molar-refractivity contribution is -0.129. The van der Waals surface area contributed by atoms with Gasteiger partial charge in [-0.3, -0.25) is 9.59 Å². The van der Waals surface area contributed by atoms with Gasteiger partial charge in [0.2, 0.25) is 23.5 Å². The van der Waals surface area contributed by atoms with Crippen molar-refractivity contribution in [2.75, 3.05) is 0 Å². The number of ether oxygens (including phenoxy) is 1. The molecule has 0 unspecified atom stereocenters. The normalized spacial score (nSPS) is 11.8. The van der Waals surface area contributed by atoms with Crippen molar-refractivity contribution in [2.24, 2.45) is 5.92 Å². The maximum Gasteiger partial charge on any atom is 0.243 e. The van der Waals surface area contributed by atoms with Gasteiger partial charge in [-0.25, -0.2) is 9.37 Å². The Kier molecular flexibility index (Phi) is 7.03. The average Bonchev–Trinajstić information content (AvgIpc) is 2.65. The lowest BCUT2D eigenvalue weighted by Crippen LogP contribution is -2.48. The molecule has 0 bridgehead atoms. The minimum atomic E-state index is -1.11. The number of amides is 2. The summed E-state index contributed by atoms with van der Waals surface area (Å²) in [4.78, 5) is 27.7. The molecule has 0 saturated carbocycles. The molecule has 0 fully saturated rings. The maximum atomic E-state index is 14.1. The molecule has 0 spiro atoms. The molecule has 150 valence electrons. The van der Waals surface area contributed by atoms with E-state index in [0.29, 0.717) is 5.56 Å². The van der Waals surface area contributed by atoms with Crippen LogP contribution >= 0.6 is 0 Å². The molecule has 0 aliphatic heterocycles. The van der Waals surface area contributed by atoms with Crippen LogP contribution in [0.1, 0.15) is 31.9 Å². The number of aromatic nitrogens is 1. The third-order valence-electron chi connectivity index (χ3n) is 4.06. The van der Waals surface area contributed by atoms with Gasteiger partial charge in [-0.2, -0.15) is 4.39 Å². The molecule has 1 heterocycles. The number of carbonyl (C=O) groups is 2. The van der Waals surface area contributed by atoms with E-state index >= 15 is 0 Å². The second-order valence-electron chi connectivity index (χ2n) is 6.72. The molecule has 6 nitrogen and oxygen atoms in total. The third-order valence-corrected chi connectivity index (χ3v) is 4.06. The number of hydrogen-bond donors (Lipinski definition) is 2. The van der Waals surface area contributed by atoms with Gasteiger partial charge in [-0.15, -0.1) is 0 Å². The number of halogens is 2.